The van der Waals surface area contributed by atoms with Crippen molar-refractivity contribution in [3.05, 3.63) is 12.2 Å². The lowest BCUT2D eigenvalue weighted by Crippen LogP contribution is -2.68. The van der Waals surface area contributed by atoms with Crippen LogP contribution in [-0.2, 0) is 19.1 Å². The lowest BCUT2D eigenvalue weighted by Gasteiger charge is -2.59. The predicted octanol–water partition coefficient (Wildman–Crippen LogP) is 17.0. The second kappa shape index (κ2) is 30.6. The van der Waals surface area contributed by atoms with E-state index in [-0.39, 0.29) is 101 Å². The Kier molecular flexibility index (Phi) is 24.8. The molecule has 0 radical (unpaired) electrons. The number of esters is 1. The number of rotatable bonds is 15. The fourth-order valence-electron chi connectivity index (χ4n) is 26.0. The van der Waals surface area contributed by atoms with Gasteiger partial charge in [-0.15, -0.1) is 0 Å². The van der Waals surface area contributed by atoms with E-state index in [9.17, 15) is 149 Å². The number of Topliss-reactive ketones (excluding diaryl/α,β-unsaturated/α-hetero) is 1. The van der Waals surface area contributed by atoms with E-state index >= 15 is 0 Å². The Hall–Kier alpha value is -3.59. The molecule has 0 aromatic carbocycles. The van der Waals surface area contributed by atoms with Crippen molar-refractivity contribution in [3.63, 3.8) is 0 Å². The van der Waals surface area contributed by atoms with Gasteiger partial charge in [-0.2, -0.15) is 105 Å². The first-order valence-electron chi connectivity index (χ1n) is 38.1. The molecule has 38 heteroatoms. The van der Waals surface area contributed by atoms with Gasteiger partial charge in [-0.3, -0.25) is 4.79 Å². The zero-order valence-corrected chi connectivity index (χ0v) is 60.7. The molecule has 8 N–H and O–H groups in total. The Morgan fingerprint density at radius 1 is 0.357 bits per heavy atom. The molecule has 0 aromatic heterocycles. The first kappa shape index (κ1) is 90.7. The Morgan fingerprint density at radius 3 is 0.812 bits per heavy atom. The number of aldehydes is 1. The molecule has 20 bridgehead atoms. The molecule has 0 spiro atoms. The van der Waals surface area contributed by atoms with E-state index in [1.54, 1.807) is 0 Å². The molecular weight excluding hydrogens is 1570 g/mol. The largest absolute Gasteiger partial charge is 0.456 e. The first-order chi connectivity index (χ1) is 50.8. The molecule has 0 amide bonds. The lowest BCUT2D eigenvalue weighted by atomic mass is 9.47. The standard InChI is InChI=1S/C18H23F5O3.C14H19F5O3.C14H19F5O2.C14H17F5O2.C11H16O.C3H2F6O/c1-9(2)13(24)26-15(17(19,20)14(25)18(21,22)23)16-6-10-3-11(7-16)5-12(4-10)8-16;15-12(16,13(21,22)14(17,18)19)10(20)11-4-7-1-8(5-11)3-9(2-7)6-11;2*15-13(16,11(21)14(17,18)19)10(20)12-4-7-1-8(5-12)3-9(2-7)6-12;12-7-11-4-8-1-9(5-11)3-10(2-8)6-11;4-2(5,6)1(10)3(7,8)9/h10-12,14-15,25H,1,3-8H2,2H3;7-10,20-22H,1-6H2;7-11,20-21H,1-6H2;7-10,20H,1-6H2;7-10H,1-6H2;1,10H. The number of ether oxygens (including phenoxy) is 1. The van der Waals surface area contributed by atoms with Gasteiger partial charge in [0.1, 0.15) is 24.6 Å². The van der Waals surface area contributed by atoms with E-state index in [1.165, 1.54) is 51.7 Å². The third-order valence-electron chi connectivity index (χ3n) is 28.3. The minimum atomic E-state index is -5.94. The first-order valence-corrected chi connectivity index (χ1v) is 38.1. The van der Waals surface area contributed by atoms with Gasteiger partial charge in [-0.1, -0.05) is 6.58 Å². The monoisotopic (exact) mass is 1670 g/mol. The average Bonchev–Trinajstić information content (AvgIpc) is 0.721. The third kappa shape index (κ3) is 18.0. The molecule has 0 aliphatic heterocycles. The number of aliphatic hydroxyl groups excluding tert-OH is 6. The van der Waals surface area contributed by atoms with E-state index in [0.717, 1.165) is 94.8 Å². The SMILES string of the molecule is C=C(C)C(=O)OC(C12CC3CC(CC(C3)C1)C2)C(F)(F)C(O)C(F)(F)F.O=C(C(F)(F)F)C(F)(F)C(O)C12CC3CC(CC(C3)C1)C2.O=CC12CC3CC(CC(C3)C1)C2.OC(C(F)(F)F)C(F)(F)C(O)C12CC3CC(CC(C3)C1)C2.OC(C(F)(F)F)C(F)(F)F.OC(C12CC3CC(CC(C3)C1)C2)C(F)(F)C(O)(O)C(F)(F)F. The number of halogens is 26. The number of hydrogen-bond donors (Lipinski definition) is 8. The molecular formula is C74H96F26O12. The maximum absolute atomic E-state index is 14.8. The van der Waals surface area contributed by atoms with Crippen molar-refractivity contribution in [2.75, 3.05) is 0 Å². The highest BCUT2D eigenvalue weighted by atomic mass is 19.4. The van der Waals surface area contributed by atoms with Crippen LogP contribution in [0.25, 0.3) is 0 Å². The van der Waals surface area contributed by atoms with E-state index in [0.29, 0.717) is 57.8 Å². The van der Waals surface area contributed by atoms with Crippen LogP contribution in [0.3, 0.4) is 0 Å². The van der Waals surface area contributed by atoms with Crippen molar-refractivity contribution in [1.29, 1.82) is 0 Å². The molecule has 20 aliphatic rings. The molecule has 20 rings (SSSR count). The quantitative estimate of drug-likeness (QED) is 0.0252. The van der Waals surface area contributed by atoms with Gasteiger partial charge in [0, 0.05) is 32.6 Å². The number of carbonyl (C=O) groups is 3. The smallest absolute Gasteiger partial charge is 0.452 e. The average molecular weight is 1670 g/mol. The summed E-state index contributed by atoms with van der Waals surface area (Å²) < 4.78 is 335. The second-order valence-electron chi connectivity index (χ2n) is 37.3. The summed E-state index contributed by atoms with van der Waals surface area (Å²) in [4.78, 5) is 34.0. The van der Waals surface area contributed by atoms with Crippen LogP contribution >= 0.6 is 0 Å². The van der Waals surface area contributed by atoms with E-state index in [4.69, 9.17) is 25.2 Å². The number of ketones is 1. The molecule has 12 nitrogen and oxygen atoms in total. The van der Waals surface area contributed by atoms with Gasteiger partial charge in [0.05, 0.1) is 0 Å². The van der Waals surface area contributed by atoms with Crippen LogP contribution in [0.4, 0.5) is 114 Å². The fraction of sp³-hybridized carbons (Fsp3) is 0.932. The molecule has 0 saturated heterocycles. The lowest BCUT2D eigenvalue weighted by molar-refractivity contribution is -0.437. The van der Waals surface area contributed by atoms with Crippen LogP contribution < -0.4 is 0 Å². The zero-order chi connectivity index (χ0) is 84.1. The number of hydrogen-bond acceptors (Lipinski definition) is 12. The molecule has 112 heavy (non-hydrogen) atoms. The highest BCUT2D eigenvalue weighted by Crippen LogP contribution is 2.69. The van der Waals surface area contributed by atoms with Crippen LogP contribution in [0.5, 0.6) is 0 Å². The Morgan fingerprint density at radius 2 is 0.589 bits per heavy atom. The Balaban J connectivity index is 0.000000146. The van der Waals surface area contributed by atoms with Crippen LogP contribution in [0.2, 0.25) is 0 Å². The highest BCUT2D eigenvalue weighted by Gasteiger charge is 2.76. The number of aliphatic hydroxyl groups is 8. The van der Waals surface area contributed by atoms with E-state index in [1.807, 2.05) is 0 Å². The minimum Gasteiger partial charge on any atom is -0.452 e. The van der Waals surface area contributed by atoms with Gasteiger partial charge in [0.2, 0.25) is 18.3 Å². The van der Waals surface area contributed by atoms with Gasteiger partial charge >= 0.3 is 78.3 Å². The summed E-state index contributed by atoms with van der Waals surface area (Å²) in [6.45, 7) is 4.57. The van der Waals surface area contributed by atoms with E-state index < -0.39 is 143 Å². The van der Waals surface area contributed by atoms with Gasteiger partial charge in [0.15, 0.2) is 6.10 Å². The van der Waals surface area contributed by atoms with Gasteiger partial charge in [0.25, 0.3) is 0 Å². The predicted molar refractivity (Wildman–Crippen MR) is 338 cm³/mol. The molecule has 646 valence electrons. The molecule has 20 saturated carbocycles. The maximum atomic E-state index is 14.8. The number of carbonyl (C=O) groups excluding carboxylic acids is 3. The molecule has 0 aromatic rings. The van der Waals surface area contributed by atoms with Crippen molar-refractivity contribution in [3.8, 4) is 0 Å². The summed E-state index contributed by atoms with van der Waals surface area (Å²) in [7, 11) is 0. The zero-order valence-electron chi connectivity index (χ0n) is 60.7. The van der Waals surface area contributed by atoms with Gasteiger partial charge in [-0.25, -0.2) is 13.6 Å². The Labute approximate surface area is 627 Å². The second-order valence-corrected chi connectivity index (χ2v) is 37.3. The van der Waals surface area contributed by atoms with E-state index in [2.05, 4.69) is 6.58 Å². The topological polar surface area (TPSA) is 222 Å². The van der Waals surface area contributed by atoms with Crippen LogP contribution in [-0.4, -0.2) is 168 Å². The Bertz CT molecular complexity index is 3150. The summed E-state index contributed by atoms with van der Waals surface area (Å²) >= 11 is 0. The van der Waals surface area contributed by atoms with Crippen molar-refractivity contribution in [2.45, 2.75) is 309 Å². The van der Waals surface area contributed by atoms with Gasteiger partial charge < -0.3 is 50.4 Å². The molecule has 0 heterocycles. The molecule has 20 aliphatic carbocycles. The summed E-state index contributed by atoms with van der Waals surface area (Å²) in [5, 5.41) is 73.9. The highest BCUT2D eigenvalue weighted by molar-refractivity contribution is 5.91. The summed E-state index contributed by atoms with van der Waals surface area (Å²) in [5.74, 6) is -23.6. The molecule has 20 fully saturated rings. The van der Waals surface area contributed by atoms with Crippen LogP contribution in [0.15, 0.2) is 12.2 Å². The molecule has 6 atom stereocenters. The van der Waals surface area contributed by atoms with Crippen molar-refractivity contribution >= 4 is 18.0 Å². The fourth-order valence-corrected chi connectivity index (χ4v) is 26.0. The van der Waals surface area contributed by atoms with Gasteiger partial charge in [-0.05, 0) is 288 Å². The summed E-state index contributed by atoms with van der Waals surface area (Å²) in [5.41, 5.74) is -4.97. The van der Waals surface area contributed by atoms with Crippen molar-refractivity contribution in [1.82, 2.24) is 0 Å². The maximum Gasteiger partial charge on any atom is 0.456 e. The summed E-state index contributed by atoms with van der Waals surface area (Å²) in [6.07, 6.45) is -32.2. The van der Waals surface area contributed by atoms with Crippen molar-refractivity contribution < 1.29 is 174 Å². The normalized spacial score (nSPS) is 38.9. The number of alkyl halides is 26. The third-order valence-corrected chi connectivity index (χ3v) is 28.3. The van der Waals surface area contributed by atoms with Crippen LogP contribution in [0.1, 0.15) is 200 Å². The molecule has 6 unspecified atom stereocenters. The summed E-state index contributed by atoms with van der Waals surface area (Å²) in [6, 6.07) is 0. The van der Waals surface area contributed by atoms with Crippen LogP contribution in [0, 0.1) is 116 Å². The van der Waals surface area contributed by atoms with Crippen molar-refractivity contribution in [2.24, 2.45) is 116 Å². The minimum absolute atomic E-state index is 0.134.